The number of aromatic nitrogens is 3. The summed E-state index contributed by atoms with van der Waals surface area (Å²) in [4.78, 5) is 16.0. The number of rotatable bonds is 4. The number of carbonyl (C=O) groups is 1. The number of thiazole rings is 1. The first-order valence-corrected chi connectivity index (χ1v) is 5.77. The van der Waals surface area contributed by atoms with Crippen molar-refractivity contribution in [3.05, 3.63) is 22.8 Å². The van der Waals surface area contributed by atoms with Crippen molar-refractivity contribution in [1.29, 1.82) is 0 Å². The molecule has 0 aliphatic carbocycles. The molecule has 2 heterocycles. The molecule has 5 nitrogen and oxygen atoms in total. The van der Waals surface area contributed by atoms with Crippen molar-refractivity contribution in [2.75, 3.05) is 5.32 Å². The smallest absolute Gasteiger partial charge is 0.188 e. The van der Waals surface area contributed by atoms with Crippen LogP contribution in [0.4, 0.5) is 10.9 Å². The predicted molar refractivity (Wildman–Crippen MR) is 63.4 cm³/mol. The maximum absolute atomic E-state index is 10.6. The van der Waals surface area contributed by atoms with Gasteiger partial charge in [0.1, 0.15) is 11.5 Å². The fraction of sp³-hybridized carbons (Fsp3) is 0.300. The number of nitrogens with zero attached hydrogens (tertiary/aromatic N) is 3. The largest absolute Gasteiger partial charge is 0.316 e. The summed E-state index contributed by atoms with van der Waals surface area (Å²) < 4.78 is 1.74. The zero-order chi connectivity index (χ0) is 11.5. The molecule has 1 N–H and O–H groups in total. The van der Waals surface area contributed by atoms with Gasteiger partial charge in [-0.25, -0.2) is 9.67 Å². The van der Waals surface area contributed by atoms with Crippen LogP contribution in [0.5, 0.6) is 0 Å². The van der Waals surface area contributed by atoms with E-state index in [9.17, 15) is 4.79 Å². The lowest BCUT2D eigenvalue weighted by atomic mass is 10.4. The van der Waals surface area contributed by atoms with Crippen molar-refractivity contribution in [2.45, 2.75) is 20.4 Å². The number of nitrogens with one attached hydrogen (secondary N) is 1. The quantitative estimate of drug-likeness (QED) is 0.827. The maximum Gasteiger partial charge on any atom is 0.188 e. The van der Waals surface area contributed by atoms with Gasteiger partial charge in [0.05, 0.1) is 0 Å². The Morgan fingerprint density at radius 2 is 2.44 bits per heavy atom. The lowest BCUT2D eigenvalue weighted by molar-refractivity contribution is 0.111. The van der Waals surface area contributed by atoms with E-state index in [-0.39, 0.29) is 0 Å². The van der Waals surface area contributed by atoms with Crippen LogP contribution >= 0.6 is 11.3 Å². The van der Waals surface area contributed by atoms with E-state index in [0.29, 0.717) is 12.2 Å². The lowest BCUT2D eigenvalue weighted by Crippen LogP contribution is -2.02. The van der Waals surface area contributed by atoms with E-state index in [1.54, 1.807) is 28.3 Å². The highest BCUT2D eigenvalue weighted by atomic mass is 32.1. The zero-order valence-corrected chi connectivity index (χ0v) is 9.91. The molecule has 0 saturated carbocycles. The van der Waals surface area contributed by atoms with Crippen LogP contribution in [0.2, 0.25) is 0 Å². The molecule has 0 spiro atoms. The van der Waals surface area contributed by atoms with Crippen LogP contribution in [0.25, 0.3) is 0 Å². The first-order valence-electron chi connectivity index (χ1n) is 4.95. The predicted octanol–water partition coefficient (Wildman–Crippen LogP) is 2.22. The normalized spacial score (nSPS) is 10.4. The lowest BCUT2D eigenvalue weighted by Gasteiger charge is -2.03. The molecule has 0 aliphatic heterocycles. The third-order valence-electron chi connectivity index (χ3n) is 2.08. The van der Waals surface area contributed by atoms with Crippen LogP contribution < -0.4 is 5.32 Å². The molecule has 0 amide bonds. The second kappa shape index (κ2) is 4.44. The molecule has 0 atom stereocenters. The van der Waals surface area contributed by atoms with Gasteiger partial charge in [-0.1, -0.05) is 0 Å². The van der Waals surface area contributed by atoms with Crippen LogP contribution in [0.15, 0.2) is 12.3 Å². The van der Waals surface area contributed by atoms with Crippen molar-refractivity contribution >= 4 is 28.6 Å². The molecular weight excluding hydrogens is 224 g/mol. The first-order chi connectivity index (χ1) is 7.72. The van der Waals surface area contributed by atoms with Crippen LogP contribution in [0.3, 0.4) is 0 Å². The Morgan fingerprint density at radius 1 is 1.62 bits per heavy atom. The Hall–Kier alpha value is -1.69. The van der Waals surface area contributed by atoms with Crippen molar-refractivity contribution in [2.24, 2.45) is 0 Å². The number of aldehydes is 1. The maximum atomic E-state index is 10.6. The molecule has 0 unspecified atom stereocenters. The molecule has 0 fully saturated rings. The SMILES string of the molecule is CCn1nc(C=O)cc1Nc1ncc(C)s1. The summed E-state index contributed by atoms with van der Waals surface area (Å²) in [5.74, 6) is 0.791. The van der Waals surface area contributed by atoms with E-state index < -0.39 is 0 Å². The average Bonchev–Trinajstić information content (AvgIpc) is 2.85. The van der Waals surface area contributed by atoms with E-state index in [1.165, 1.54) is 0 Å². The number of hydrogen-bond donors (Lipinski definition) is 1. The van der Waals surface area contributed by atoms with Crippen LogP contribution in [-0.2, 0) is 6.54 Å². The molecule has 2 aromatic heterocycles. The van der Waals surface area contributed by atoms with E-state index in [2.05, 4.69) is 15.4 Å². The van der Waals surface area contributed by atoms with Gasteiger partial charge in [-0.2, -0.15) is 5.10 Å². The summed E-state index contributed by atoms with van der Waals surface area (Å²) in [6, 6.07) is 1.72. The Labute approximate surface area is 97.1 Å². The van der Waals surface area contributed by atoms with Gasteiger partial charge < -0.3 is 5.32 Å². The monoisotopic (exact) mass is 236 g/mol. The van der Waals surface area contributed by atoms with Gasteiger partial charge in [0.15, 0.2) is 11.4 Å². The van der Waals surface area contributed by atoms with Gasteiger partial charge in [0.25, 0.3) is 0 Å². The summed E-state index contributed by atoms with van der Waals surface area (Å²) in [7, 11) is 0. The minimum atomic E-state index is 0.428. The Balaban J connectivity index is 2.26. The second-order valence-electron chi connectivity index (χ2n) is 3.29. The van der Waals surface area contributed by atoms with Gasteiger partial charge >= 0.3 is 0 Å². The Bertz CT molecular complexity index is 503. The van der Waals surface area contributed by atoms with Crippen LogP contribution in [0.1, 0.15) is 22.3 Å². The van der Waals surface area contributed by atoms with E-state index in [0.717, 1.165) is 22.1 Å². The van der Waals surface area contributed by atoms with Gasteiger partial charge in [0.2, 0.25) is 0 Å². The van der Waals surface area contributed by atoms with Gasteiger partial charge in [-0.05, 0) is 13.8 Å². The topological polar surface area (TPSA) is 59.8 Å². The number of aryl methyl sites for hydroxylation is 2. The van der Waals surface area contributed by atoms with Crippen LogP contribution in [-0.4, -0.2) is 21.1 Å². The Morgan fingerprint density at radius 3 is 3.00 bits per heavy atom. The fourth-order valence-electron chi connectivity index (χ4n) is 1.36. The van der Waals surface area contributed by atoms with Crippen LogP contribution in [0, 0.1) is 6.92 Å². The molecule has 0 radical (unpaired) electrons. The van der Waals surface area contributed by atoms with Gasteiger partial charge in [-0.15, -0.1) is 11.3 Å². The molecule has 2 rings (SSSR count). The average molecular weight is 236 g/mol. The molecule has 6 heteroatoms. The summed E-state index contributed by atoms with van der Waals surface area (Å²) in [6.07, 6.45) is 2.55. The highest BCUT2D eigenvalue weighted by Gasteiger charge is 2.07. The van der Waals surface area contributed by atoms with Crippen molar-refractivity contribution in [3.8, 4) is 0 Å². The zero-order valence-electron chi connectivity index (χ0n) is 9.10. The highest BCUT2D eigenvalue weighted by Crippen LogP contribution is 2.22. The summed E-state index contributed by atoms with van der Waals surface area (Å²) in [5.41, 5.74) is 0.428. The highest BCUT2D eigenvalue weighted by molar-refractivity contribution is 7.15. The van der Waals surface area contributed by atoms with Crippen molar-refractivity contribution < 1.29 is 4.79 Å². The second-order valence-corrected chi connectivity index (χ2v) is 4.52. The molecule has 0 aliphatic rings. The minimum Gasteiger partial charge on any atom is -0.316 e. The standard InChI is InChI=1S/C10H12N4OS/c1-3-14-9(4-8(6-15)13-14)12-10-11-5-7(2)16-10/h4-6H,3H2,1-2H3,(H,11,12). The number of carbonyl (C=O) groups excluding carboxylic acids is 1. The number of anilines is 2. The van der Waals surface area contributed by atoms with E-state index in [1.807, 2.05) is 13.8 Å². The molecule has 0 bridgehead atoms. The summed E-state index contributed by atoms with van der Waals surface area (Å²) in [5, 5.41) is 8.07. The molecule has 16 heavy (non-hydrogen) atoms. The van der Waals surface area contributed by atoms with E-state index in [4.69, 9.17) is 0 Å². The fourth-order valence-corrected chi connectivity index (χ4v) is 2.03. The first kappa shape index (κ1) is 10.8. The van der Waals surface area contributed by atoms with Crippen molar-refractivity contribution in [3.63, 3.8) is 0 Å². The molecular formula is C10H12N4OS. The molecule has 2 aromatic rings. The third kappa shape index (κ3) is 2.11. The molecule has 0 saturated heterocycles. The molecule has 0 aromatic carbocycles. The van der Waals surface area contributed by atoms with Crippen molar-refractivity contribution in [1.82, 2.24) is 14.8 Å². The summed E-state index contributed by atoms with van der Waals surface area (Å²) >= 11 is 1.57. The minimum absolute atomic E-state index is 0.428. The van der Waals surface area contributed by atoms with E-state index >= 15 is 0 Å². The Kier molecular flexibility index (Phi) is 3.00. The van der Waals surface area contributed by atoms with Gasteiger partial charge in [-0.3, -0.25) is 4.79 Å². The summed E-state index contributed by atoms with van der Waals surface area (Å²) in [6.45, 7) is 4.68. The number of hydrogen-bond acceptors (Lipinski definition) is 5. The molecule has 84 valence electrons. The van der Waals surface area contributed by atoms with Gasteiger partial charge in [0, 0.05) is 23.7 Å². The third-order valence-corrected chi connectivity index (χ3v) is 2.90.